The van der Waals surface area contributed by atoms with Gasteiger partial charge in [-0.3, -0.25) is 0 Å². The van der Waals surface area contributed by atoms with Gasteiger partial charge in [-0.2, -0.15) is 0 Å². The van der Waals surface area contributed by atoms with Crippen molar-refractivity contribution in [1.82, 2.24) is 9.55 Å². The van der Waals surface area contributed by atoms with Crippen molar-refractivity contribution < 1.29 is 9.66 Å². The highest BCUT2D eigenvalue weighted by molar-refractivity contribution is 5.22. The van der Waals surface area contributed by atoms with Crippen LogP contribution >= 0.6 is 0 Å². The summed E-state index contributed by atoms with van der Waals surface area (Å²) in [5.41, 5.74) is 0. The molecule has 18 heavy (non-hydrogen) atoms. The van der Waals surface area contributed by atoms with E-state index >= 15 is 0 Å². The molecule has 0 radical (unpaired) electrons. The van der Waals surface area contributed by atoms with E-state index < -0.39 is 4.92 Å². The van der Waals surface area contributed by atoms with Crippen LogP contribution in [-0.4, -0.2) is 14.5 Å². The highest BCUT2D eigenvalue weighted by atomic mass is 16.6. The van der Waals surface area contributed by atoms with Gasteiger partial charge in [0.15, 0.2) is 6.61 Å². The molecule has 0 saturated carbocycles. The largest absolute Gasteiger partial charge is 0.483 e. The summed E-state index contributed by atoms with van der Waals surface area (Å²) in [6, 6.07) is 9.28. The van der Waals surface area contributed by atoms with Gasteiger partial charge in [-0.15, -0.1) is 0 Å². The maximum Gasteiger partial charge on any atom is 0.342 e. The monoisotopic (exact) mass is 247 g/mol. The minimum Gasteiger partial charge on any atom is -0.483 e. The third-order valence-electron chi connectivity index (χ3n) is 2.53. The molecule has 1 heterocycles. The lowest BCUT2D eigenvalue weighted by atomic mass is 10.3. The van der Waals surface area contributed by atoms with Crippen molar-refractivity contribution in [1.29, 1.82) is 0 Å². The van der Waals surface area contributed by atoms with Gasteiger partial charge in [0.05, 0.1) is 6.54 Å². The number of hydrogen-bond acceptors (Lipinski definition) is 4. The zero-order chi connectivity index (χ0) is 13.0. The number of nitrogens with zero attached hydrogens (tertiary/aromatic N) is 3. The van der Waals surface area contributed by atoms with Gasteiger partial charge in [-0.05, 0) is 24.0 Å². The van der Waals surface area contributed by atoms with E-state index in [1.54, 1.807) is 0 Å². The van der Waals surface area contributed by atoms with Crippen LogP contribution in [0.4, 0.5) is 5.82 Å². The molecule has 0 fully saturated rings. The summed E-state index contributed by atoms with van der Waals surface area (Å²) in [7, 11) is 0. The first-order valence-corrected chi connectivity index (χ1v) is 5.59. The van der Waals surface area contributed by atoms with Gasteiger partial charge < -0.3 is 14.9 Å². The Morgan fingerprint density at radius 1 is 1.39 bits per heavy atom. The fourth-order valence-corrected chi connectivity index (χ4v) is 1.67. The molecule has 0 aliphatic rings. The van der Waals surface area contributed by atoms with Gasteiger partial charge in [0.25, 0.3) is 0 Å². The van der Waals surface area contributed by atoms with E-state index in [9.17, 15) is 10.1 Å². The molecule has 1 aromatic carbocycles. The molecule has 2 aromatic rings. The van der Waals surface area contributed by atoms with Crippen LogP contribution in [0.5, 0.6) is 5.75 Å². The summed E-state index contributed by atoms with van der Waals surface area (Å²) in [6.45, 7) is 2.54. The third-order valence-corrected chi connectivity index (χ3v) is 2.53. The number of rotatable bonds is 5. The van der Waals surface area contributed by atoms with E-state index in [-0.39, 0.29) is 12.4 Å². The van der Waals surface area contributed by atoms with Crippen LogP contribution < -0.4 is 4.74 Å². The van der Waals surface area contributed by atoms with Crippen LogP contribution in [0.3, 0.4) is 0 Å². The van der Waals surface area contributed by atoms with Crippen molar-refractivity contribution in [3.8, 4) is 5.75 Å². The van der Waals surface area contributed by atoms with Crippen molar-refractivity contribution in [2.45, 2.75) is 20.1 Å². The minimum atomic E-state index is -0.442. The SMILES string of the molecule is CCn1c([N+](=O)[O-])cnc1COc1ccccc1. The molecule has 0 aliphatic heterocycles. The fraction of sp³-hybridized carbons (Fsp3) is 0.250. The number of aromatic nitrogens is 2. The minimum absolute atomic E-state index is 0.0100. The van der Waals surface area contributed by atoms with Crippen LogP contribution in [0.1, 0.15) is 12.7 Å². The van der Waals surface area contributed by atoms with E-state index in [1.165, 1.54) is 10.8 Å². The van der Waals surface area contributed by atoms with Crippen LogP contribution in [0, 0.1) is 10.1 Å². The Balaban J connectivity index is 2.12. The molecule has 94 valence electrons. The predicted octanol–water partition coefficient (Wildman–Crippen LogP) is 2.39. The van der Waals surface area contributed by atoms with Crippen LogP contribution in [0.2, 0.25) is 0 Å². The van der Waals surface area contributed by atoms with Gasteiger partial charge in [-0.1, -0.05) is 18.2 Å². The molecule has 6 heteroatoms. The molecule has 1 aromatic heterocycles. The van der Waals surface area contributed by atoms with Gasteiger partial charge >= 0.3 is 5.82 Å². The van der Waals surface area contributed by atoms with E-state index in [4.69, 9.17) is 4.74 Å². The summed E-state index contributed by atoms with van der Waals surface area (Å²) in [5.74, 6) is 1.25. The first-order valence-electron chi connectivity index (χ1n) is 5.59. The van der Waals surface area contributed by atoms with Crippen molar-refractivity contribution in [2.75, 3.05) is 0 Å². The lowest BCUT2D eigenvalue weighted by molar-refractivity contribution is -0.392. The average Bonchev–Trinajstić information content (AvgIpc) is 2.80. The number of para-hydroxylation sites is 1. The van der Waals surface area contributed by atoms with E-state index in [0.29, 0.717) is 18.1 Å². The zero-order valence-corrected chi connectivity index (χ0v) is 9.94. The molecule has 0 N–H and O–H groups in total. The molecule has 0 aliphatic carbocycles. The van der Waals surface area contributed by atoms with Gasteiger partial charge in [0.2, 0.25) is 5.82 Å². The Bertz CT molecular complexity index is 537. The lowest BCUT2D eigenvalue weighted by Crippen LogP contribution is -2.08. The molecule has 0 saturated heterocycles. The average molecular weight is 247 g/mol. The molecule has 0 unspecified atom stereocenters. The second-order valence-electron chi connectivity index (χ2n) is 3.64. The van der Waals surface area contributed by atoms with Crippen molar-refractivity contribution in [3.05, 3.63) is 52.5 Å². The standard InChI is InChI=1S/C12H13N3O3/c1-2-14-11(13-8-12(14)15(16)17)9-18-10-6-4-3-5-7-10/h3-8H,2,9H2,1H3. The molecule has 0 atom stereocenters. The van der Waals surface area contributed by atoms with Gasteiger partial charge in [-0.25, -0.2) is 9.55 Å². The highest BCUT2D eigenvalue weighted by Crippen LogP contribution is 2.16. The smallest absolute Gasteiger partial charge is 0.342 e. The van der Waals surface area contributed by atoms with E-state index in [2.05, 4.69) is 4.98 Å². The van der Waals surface area contributed by atoms with Gasteiger partial charge in [0.1, 0.15) is 11.9 Å². The van der Waals surface area contributed by atoms with E-state index in [0.717, 1.165) is 0 Å². The number of nitro groups is 1. The summed E-state index contributed by atoms with van der Waals surface area (Å²) in [5, 5.41) is 10.8. The summed E-state index contributed by atoms with van der Waals surface area (Å²) in [4.78, 5) is 14.3. The maximum atomic E-state index is 10.8. The number of ether oxygens (including phenoxy) is 1. The van der Waals surface area contributed by atoms with Crippen molar-refractivity contribution in [2.24, 2.45) is 0 Å². The first-order chi connectivity index (χ1) is 8.72. The predicted molar refractivity (Wildman–Crippen MR) is 65.3 cm³/mol. The normalized spacial score (nSPS) is 10.3. The molecule has 0 amide bonds. The van der Waals surface area contributed by atoms with Crippen LogP contribution in [0.25, 0.3) is 0 Å². The highest BCUT2D eigenvalue weighted by Gasteiger charge is 2.18. The third kappa shape index (κ3) is 2.48. The quantitative estimate of drug-likeness (QED) is 0.600. The molecular formula is C12H13N3O3. The fourth-order valence-electron chi connectivity index (χ4n) is 1.67. The first kappa shape index (κ1) is 12.1. The van der Waals surface area contributed by atoms with E-state index in [1.807, 2.05) is 37.3 Å². The Labute approximate surface area is 104 Å². The van der Waals surface area contributed by atoms with Crippen LogP contribution in [-0.2, 0) is 13.2 Å². The molecule has 2 rings (SSSR count). The maximum absolute atomic E-state index is 10.8. The Kier molecular flexibility index (Phi) is 3.57. The Morgan fingerprint density at radius 2 is 2.11 bits per heavy atom. The topological polar surface area (TPSA) is 70.2 Å². The van der Waals surface area contributed by atoms with Crippen molar-refractivity contribution in [3.63, 3.8) is 0 Å². The zero-order valence-electron chi connectivity index (χ0n) is 9.94. The summed E-state index contributed by atoms with van der Waals surface area (Å²) >= 11 is 0. The van der Waals surface area contributed by atoms with Crippen molar-refractivity contribution >= 4 is 5.82 Å². The number of hydrogen-bond donors (Lipinski definition) is 0. The van der Waals surface area contributed by atoms with Gasteiger partial charge in [0, 0.05) is 0 Å². The summed E-state index contributed by atoms with van der Waals surface area (Å²) < 4.78 is 7.05. The Morgan fingerprint density at radius 3 is 2.72 bits per heavy atom. The lowest BCUT2D eigenvalue weighted by Gasteiger charge is -2.04. The van der Waals surface area contributed by atoms with Crippen LogP contribution in [0.15, 0.2) is 36.5 Å². The molecule has 6 nitrogen and oxygen atoms in total. The molecule has 0 bridgehead atoms. The Hall–Kier alpha value is -2.37. The second kappa shape index (κ2) is 5.31. The molecular weight excluding hydrogens is 234 g/mol. The summed E-state index contributed by atoms with van der Waals surface area (Å²) in [6.07, 6.45) is 1.26. The molecule has 0 spiro atoms. The second-order valence-corrected chi connectivity index (χ2v) is 3.64. The number of imidazole rings is 1. The number of benzene rings is 1.